The molecule has 7 nitrogen and oxygen atoms in total. The molecule has 6 fully saturated rings. The number of allylic oxidation sites excluding steroid dienone is 1. The summed E-state index contributed by atoms with van der Waals surface area (Å²) >= 11 is 0. The molecule has 34 heavy (non-hydrogen) atoms. The Hall–Kier alpha value is -1.44. The molecule has 0 radical (unpaired) electrons. The monoisotopic (exact) mass is 475 g/mol. The first kappa shape index (κ1) is 24.3. The molecule has 4 aliphatic carbocycles. The fraction of sp³-hybridized carbons (Fsp3) is 0.852. The van der Waals surface area contributed by atoms with Crippen molar-refractivity contribution in [3.05, 3.63) is 11.6 Å². The Balaban J connectivity index is 1.29. The van der Waals surface area contributed by atoms with Crippen molar-refractivity contribution >= 4 is 11.9 Å². The molecule has 0 aromatic rings. The maximum Gasteiger partial charge on any atom is 0.311 e. The molecule has 2 heterocycles. The van der Waals surface area contributed by atoms with Crippen molar-refractivity contribution in [1.82, 2.24) is 5.32 Å². The summed E-state index contributed by atoms with van der Waals surface area (Å²) in [4.78, 5) is 26.1. The van der Waals surface area contributed by atoms with E-state index in [2.05, 4.69) is 32.2 Å². The summed E-state index contributed by atoms with van der Waals surface area (Å²) < 4.78 is 23.5. The highest BCUT2D eigenvalue weighted by Gasteiger charge is 2.72. The zero-order chi connectivity index (χ0) is 24.4. The van der Waals surface area contributed by atoms with Gasteiger partial charge in [-0.3, -0.25) is 9.59 Å². The molecule has 190 valence electrons. The molecule has 6 atom stereocenters. The van der Waals surface area contributed by atoms with Crippen LogP contribution in [-0.2, 0) is 28.5 Å². The summed E-state index contributed by atoms with van der Waals surface area (Å²) in [7, 11) is 3.22. The lowest BCUT2D eigenvalue weighted by Gasteiger charge is -2.51. The van der Waals surface area contributed by atoms with E-state index >= 15 is 0 Å². The van der Waals surface area contributed by atoms with E-state index in [-0.39, 0.29) is 58.1 Å². The SMILES string of the molecule is COC(=O)C12CCC(C(=O)N[C@@H]3CC[C@]4(CO4)[C@@H](C4(C)O[C@@H]4CC=C(C)C)[C@@H]3OC)(CC1)CC2. The fourth-order valence-corrected chi connectivity index (χ4v) is 7.51. The molecule has 6 aliphatic rings. The van der Waals surface area contributed by atoms with Crippen molar-refractivity contribution in [3.8, 4) is 0 Å². The molecule has 1 N–H and O–H groups in total. The van der Waals surface area contributed by atoms with Gasteiger partial charge in [0.2, 0.25) is 5.91 Å². The normalized spacial score (nSPS) is 46.6. The Morgan fingerprint density at radius 1 is 1.03 bits per heavy atom. The van der Waals surface area contributed by atoms with Crippen LogP contribution in [0.1, 0.15) is 78.6 Å². The molecule has 1 spiro atoms. The minimum atomic E-state index is -0.379. The summed E-state index contributed by atoms with van der Waals surface area (Å²) in [6, 6.07) is -0.0638. The lowest BCUT2D eigenvalue weighted by Crippen LogP contribution is -2.62. The summed E-state index contributed by atoms with van der Waals surface area (Å²) in [5.41, 5.74) is 0.0457. The van der Waals surface area contributed by atoms with Gasteiger partial charge in [0, 0.05) is 18.4 Å². The van der Waals surface area contributed by atoms with Gasteiger partial charge in [0.15, 0.2) is 0 Å². The zero-order valence-corrected chi connectivity index (χ0v) is 21.4. The number of carbonyl (C=O) groups is 2. The van der Waals surface area contributed by atoms with E-state index in [0.717, 1.165) is 64.4 Å². The lowest BCUT2D eigenvalue weighted by molar-refractivity contribution is -0.167. The molecule has 2 saturated heterocycles. The number of hydrogen-bond donors (Lipinski definition) is 1. The Bertz CT molecular complexity index is 850. The number of carbonyl (C=O) groups excluding carboxylic acids is 2. The smallest absolute Gasteiger partial charge is 0.311 e. The molecule has 2 bridgehead atoms. The van der Waals surface area contributed by atoms with Crippen molar-refractivity contribution in [3.63, 3.8) is 0 Å². The topological polar surface area (TPSA) is 89.7 Å². The van der Waals surface area contributed by atoms with E-state index in [1.165, 1.54) is 12.7 Å². The number of nitrogens with one attached hydrogen (secondary N) is 1. The maximum atomic E-state index is 13.7. The van der Waals surface area contributed by atoms with Crippen LogP contribution in [0.25, 0.3) is 0 Å². The Labute approximate surface area is 203 Å². The zero-order valence-electron chi connectivity index (χ0n) is 21.4. The predicted octanol–water partition coefficient (Wildman–Crippen LogP) is 3.69. The van der Waals surface area contributed by atoms with Crippen LogP contribution in [-0.4, -0.2) is 62.2 Å². The second-order valence-corrected chi connectivity index (χ2v) is 12.0. The van der Waals surface area contributed by atoms with Gasteiger partial charge >= 0.3 is 5.97 Å². The number of esters is 1. The predicted molar refractivity (Wildman–Crippen MR) is 126 cm³/mol. The Kier molecular flexibility index (Phi) is 5.93. The molecule has 1 amide bonds. The van der Waals surface area contributed by atoms with Crippen molar-refractivity contribution in [2.24, 2.45) is 16.7 Å². The molecular weight excluding hydrogens is 434 g/mol. The van der Waals surface area contributed by atoms with Gasteiger partial charge < -0.3 is 24.3 Å². The lowest BCUT2D eigenvalue weighted by atomic mass is 9.53. The second-order valence-electron chi connectivity index (χ2n) is 12.0. The van der Waals surface area contributed by atoms with Gasteiger partial charge in [-0.05, 0) is 78.6 Å². The number of rotatable bonds is 7. The van der Waals surface area contributed by atoms with Gasteiger partial charge in [-0.25, -0.2) is 0 Å². The van der Waals surface area contributed by atoms with Crippen LogP contribution in [0, 0.1) is 16.7 Å². The molecular formula is C27H41NO6. The van der Waals surface area contributed by atoms with Crippen LogP contribution in [0.3, 0.4) is 0 Å². The highest BCUT2D eigenvalue weighted by atomic mass is 16.6. The second kappa shape index (κ2) is 8.31. The molecule has 0 aromatic heterocycles. The average Bonchev–Trinajstić information content (AvgIpc) is 3.76. The van der Waals surface area contributed by atoms with Crippen molar-refractivity contribution in [2.45, 2.75) is 108 Å². The van der Waals surface area contributed by atoms with Gasteiger partial charge in [-0.2, -0.15) is 0 Å². The molecule has 2 aliphatic heterocycles. The average molecular weight is 476 g/mol. The van der Waals surface area contributed by atoms with Gasteiger partial charge in [0.25, 0.3) is 0 Å². The summed E-state index contributed by atoms with van der Waals surface area (Å²) in [6.07, 6.45) is 9.36. The Morgan fingerprint density at radius 3 is 2.18 bits per heavy atom. The third-order valence-electron chi connectivity index (χ3n) is 9.96. The van der Waals surface area contributed by atoms with Crippen molar-refractivity contribution in [1.29, 1.82) is 0 Å². The Morgan fingerprint density at radius 2 is 1.65 bits per heavy atom. The quantitative estimate of drug-likeness (QED) is 0.343. The maximum absolute atomic E-state index is 13.7. The molecule has 4 saturated carbocycles. The van der Waals surface area contributed by atoms with Gasteiger partial charge in [-0.15, -0.1) is 0 Å². The van der Waals surface area contributed by atoms with E-state index in [0.29, 0.717) is 0 Å². The van der Waals surface area contributed by atoms with Crippen LogP contribution in [0.15, 0.2) is 11.6 Å². The van der Waals surface area contributed by atoms with E-state index in [4.69, 9.17) is 18.9 Å². The minimum absolute atomic E-state index is 0.0638. The summed E-state index contributed by atoms with van der Waals surface area (Å²) in [5, 5.41) is 3.42. The number of fused-ring (bicyclic) bond motifs is 3. The largest absolute Gasteiger partial charge is 0.469 e. The summed E-state index contributed by atoms with van der Waals surface area (Å²) in [6.45, 7) is 7.15. The number of amides is 1. The summed E-state index contributed by atoms with van der Waals surface area (Å²) in [5.74, 6) is 0.111. The van der Waals surface area contributed by atoms with Crippen LogP contribution in [0.5, 0.6) is 0 Å². The minimum Gasteiger partial charge on any atom is -0.469 e. The third-order valence-corrected chi connectivity index (χ3v) is 9.96. The standard InChI is InChI=1S/C27H41NO6/c1-17(2)6-7-19-24(3,34-19)21-20(31-4)18(8-9-27(21)16-33-27)28-22(29)25-10-13-26(14-11-25,15-12-25)23(30)32-5/h6,18-21H,7-16H2,1-5H3,(H,28,29)/t18-,19-,20-,21-,24?,25?,26?,27+/m1/s1. The van der Waals surface area contributed by atoms with E-state index < -0.39 is 0 Å². The highest BCUT2D eigenvalue weighted by Crippen LogP contribution is 2.60. The highest BCUT2D eigenvalue weighted by molar-refractivity contribution is 5.85. The van der Waals surface area contributed by atoms with Gasteiger partial charge in [0.05, 0.1) is 43.0 Å². The molecule has 6 rings (SSSR count). The molecule has 7 heteroatoms. The van der Waals surface area contributed by atoms with Crippen LogP contribution in [0.4, 0.5) is 0 Å². The number of ether oxygens (including phenoxy) is 4. The van der Waals surface area contributed by atoms with Gasteiger partial charge in [0.1, 0.15) is 5.60 Å². The van der Waals surface area contributed by atoms with Crippen molar-refractivity contribution in [2.75, 3.05) is 20.8 Å². The first-order chi connectivity index (χ1) is 16.1. The van der Waals surface area contributed by atoms with E-state index in [1.807, 2.05) is 0 Å². The van der Waals surface area contributed by atoms with Crippen molar-refractivity contribution < 1.29 is 28.5 Å². The van der Waals surface area contributed by atoms with Crippen LogP contribution >= 0.6 is 0 Å². The van der Waals surface area contributed by atoms with Crippen LogP contribution < -0.4 is 5.32 Å². The molecule has 0 aromatic carbocycles. The van der Waals surface area contributed by atoms with Crippen LogP contribution in [0.2, 0.25) is 0 Å². The van der Waals surface area contributed by atoms with E-state index in [9.17, 15) is 9.59 Å². The first-order valence-corrected chi connectivity index (χ1v) is 13.0. The third kappa shape index (κ3) is 3.73. The molecule has 1 unspecified atom stereocenters. The van der Waals surface area contributed by atoms with Gasteiger partial charge in [-0.1, -0.05) is 11.6 Å². The first-order valence-electron chi connectivity index (χ1n) is 13.0. The number of hydrogen-bond acceptors (Lipinski definition) is 6. The number of methoxy groups -OCH3 is 2. The van der Waals surface area contributed by atoms with E-state index in [1.54, 1.807) is 7.11 Å². The number of epoxide rings is 2. The fourth-order valence-electron chi connectivity index (χ4n) is 7.51.